The van der Waals surface area contributed by atoms with Crippen LogP contribution in [-0.2, 0) is 0 Å². The van der Waals surface area contributed by atoms with Crippen LogP contribution in [0.2, 0.25) is 10.0 Å². The van der Waals surface area contributed by atoms with Crippen molar-refractivity contribution in [2.24, 2.45) is 0 Å². The molecule has 0 saturated carbocycles. The minimum Gasteiger partial charge on any atom is -0.351 e. The predicted octanol–water partition coefficient (Wildman–Crippen LogP) is 7.59. The number of anilines is 1. The molecule has 0 spiro atoms. The number of thiocarbonyl (C=S) groups is 1. The van der Waals surface area contributed by atoms with Gasteiger partial charge in [-0.1, -0.05) is 41.4 Å². The van der Waals surface area contributed by atoms with Crippen molar-refractivity contribution in [2.75, 3.05) is 4.90 Å². The maximum absolute atomic E-state index is 6.64. The molecule has 1 fully saturated rings. The van der Waals surface area contributed by atoms with Crippen LogP contribution in [0.4, 0.5) is 5.69 Å². The quantitative estimate of drug-likeness (QED) is 0.281. The molecule has 0 unspecified atom stereocenters. The maximum Gasteiger partial charge on any atom is 0.174 e. The highest BCUT2D eigenvalue weighted by Crippen LogP contribution is 2.44. The lowest BCUT2D eigenvalue weighted by atomic mass is 9.96. The molecule has 0 radical (unpaired) electrons. The van der Waals surface area contributed by atoms with Crippen molar-refractivity contribution in [3.63, 3.8) is 0 Å². The second kappa shape index (κ2) is 9.30. The minimum atomic E-state index is -0.117. The van der Waals surface area contributed by atoms with E-state index in [9.17, 15) is 0 Å². The van der Waals surface area contributed by atoms with E-state index in [1.807, 2.05) is 36.5 Å². The molecular formula is C28H26Cl2N4S. The van der Waals surface area contributed by atoms with Gasteiger partial charge >= 0.3 is 0 Å². The van der Waals surface area contributed by atoms with Crippen LogP contribution < -0.4 is 10.2 Å². The van der Waals surface area contributed by atoms with E-state index >= 15 is 0 Å². The number of nitrogens with one attached hydrogen (secondary N) is 1. The van der Waals surface area contributed by atoms with Crippen molar-refractivity contribution >= 4 is 46.2 Å². The molecule has 0 amide bonds. The zero-order chi connectivity index (χ0) is 24.9. The van der Waals surface area contributed by atoms with Gasteiger partial charge in [0.1, 0.15) is 0 Å². The van der Waals surface area contributed by atoms with E-state index in [1.54, 1.807) is 6.07 Å². The zero-order valence-electron chi connectivity index (χ0n) is 20.0. The highest BCUT2D eigenvalue weighted by atomic mass is 35.5. The smallest absolute Gasteiger partial charge is 0.174 e. The number of pyridine rings is 1. The number of halogens is 2. The van der Waals surface area contributed by atoms with E-state index in [-0.39, 0.29) is 12.1 Å². The van der Waals surface area contributed by atoms with Crippen LogP contribution in [0.25, 0.3) is 5.69 Å². The van der Waals surface area contributed by atoms with Gasteiger partial charge in [0, 0.05) is 23.3 Å². The Labute approximate surface area is 221 Å². The average molecular weight is 522 g/mol. The summed E-state index contributed by atoms with van der Waals surface area (Å²) < 4.78 is 2.17. The van der Waals surface area contributed by atoms with E-state index in [4.69, 9.17) is 35.4 Å². The molecule has 0 bridgehead atoms. The lowest BCUT2D eigenvalue weighted by molar-refractivity contribution is 0.565. The Morgan fingerprint density at radius 3 is 2.34 bits per heavy atom. The van der Waals surface area contributed by atoms with Gasteiger partial charge in [-0.3, -0.25) is 4.98 Å². The van der Waals surface area contributed by atoms with Crippen LogP contribution in [-0.4, -0.2) is 14.7 Å². The highest BCUT2D eigenvalue weighted by Gasteiger charge is 2.42. The Balaban J connectivity index is 1.72. The number of aromatic nitrogens is 2. The van der Waals surface area contributed by atoms with E-state index in [0.717, 1.165) is 34.0 Å². The van der Waals surface area contributed by atoms with Gasteiger partial charge in [0.25, 0.3) is 0 Å². The number of hydrogen-bond acceptors (Lipinski definition) is 2. The van der Waals surface area contributed by atoms with E-state index in [1.165, 1.54) is 11.1 Å². The molecule has 2 aromatic heterocycles. The first-order valence-electron chi connectivity index (χ1n) is 11.5. The Morgan fingerprint density at radius 2 is 1.66 bits per heavy atom. The molecule has 0 aliphatic carbocycles. The van der Waals surface area contributed by atoms with E-state index in [2.05, 4.69) is 71.7 Å². The van der Waals surface area contributed by atoms with Crippen LogP contribution in [0, 0.1) is 27.7 Å². The van der Waals surface area contributed by atoms with Crippen LogP contribution in [0.1, 0.15) is 45.9 Å². The molecule has 4 nitrogen and oxygen atoms in total. The molecule has 7 heteroatoms. The van der Waals surface area contributed by atoms with Gasteiger partial charge in [0.2, 0.25) is 0 Å². The second-order valence-corrected chi connectivity index (χ2v) is 10.2. The minimum absolute atomic E-state index is 0.100. The van der Waals surface area contributed by atoms with Gasteiger partial charge in [0.15, 0.2) is 5.11 Å². The lowest BCUT2D eigenvalue weighted by Gasteiger charge is -2.29. The third kappa shape index (κ3) is 4.22. The Hall–Kier alpha value is -2.86. The Bertz CT molecular complexity index is 1410. The summed E-state index contributed by atoms with van der Waals surface area (Å²) in [5.41, 5.74) is 8.56. The number of rotatable bonds is 4. The molecular weight excluding hydrogens is 495 g/mol. The molecule has 5 rings (SSSR count). The molecule has 1 aliphatic rings. The summed E-state index contributed by atoms with van der Waals surface area (Å²) in [5.74, 6) is 0. The third-order valence-corrected chi connectivity index (χ3v) is 7.67. The first-order chi connectivity index (χ1) is 16.8. The lowest BCUT2D eigenvalue weighted by Crippen LogP contribution is -2.29. The molecule has 1 N–H and O–H groups in total. The van der Waals surface area contributed by atoms with Gasteiger partial charge in [-0.2, -0.15) is 0 Å². The number of nitrogens with zero attached hydrogens (tertiary/aromatic N) is 3. The molecule has 2 atom stereocenters. The molecule has 178 valence electrons. The molecule has 4 aromatic rings. The first-order valence-corrected chi connectivity index (χ1v) is 12.6. The summed E-state index contributed by atoms with van der Waals surface area (Å²) in [6.45, 7) is 8.43. The molecule has 3 heterocycles. The van der Waals surface area contributed by atoms with Gasteiger partial charge in [-0.05, 0) is 99.1 Å². The standard InChI is InChI=1S/C28H26Cl2N4S/c1-16-12-17(2)14-20(13-16)34-27(26(32-28(34)35)23-9-5-6-11-31-23)21-15-18(3)33(19(21)4)24-10-7-8-22(29)25(24)30/h5-15,26-27H,1-4H3,(H,32,35)/t26-,27+/m0/s1. The zero-order valence-corrected chi connectivity index (χ0v) is 22.3. The summed E-state index contributed by atoms with van der Waals surface area (Å²) in [5, 5.41) is 5.31. The summed E-state index contributed by atoms with van der Waals surface area (Å²) >= 11 is 18.9. The van der Waals surface area contributed by atoms with Gasteiger partial charge in [-0.15, -0.1) is 0 Å². The fourth-order valence-electron chi connectivity index (χ4n) is 5.16. The number of hydrogen-bond donors (Lipinski definition) is 1. The SMILES string of the molecule is Cc1cc(C)cc(N2C(=S)N[C@@H](c3ccccn3)[C@H]2c2cc(C)n(-c3cccc(Cl)c3Cl)c2C)c1. The maximum atomic E-state index is 6.64. The monoisotopic (exact) mass is 520 g/mol. The summed E-state index contributed by atoms with van der Waals surface area (Å²) in [6, 6.07) is 20.3. The van der Waals surface area contributed by atoms with Crippen molar-refractivity contribution in [2.45, 2.75) is 39.8 Å². The van der Waals surface area contributed by atoms with Gasteiger partial charge < -0.3 is 14.8 Å². The molecule has 2 aromatic carbocycles. The van der Waals surface area contributed by atoms with Crippen LogP contribution in [0.15, 0.2) is 66.9 Å². The number of benzene rings is 2. The molecule has 1 aliphatic heterocycles. The molecule has 35 heavy (non-hydrogen) atoms. The van der Waals surface area contributed by atoms with E-state index < -0.39 is 0 Å². The largest absolute Gasteiger partial charge is 0.351 e. The van der Waals surface area contributed by atoms with Crippen molar-refractivity contribution in [1.82, 2.24) is 14.9 Å². The average Bonchev–Trinajstić information content (AvgIpc) is 3.31. The predicted molar refractivity (Wildman–Crippen MR) is 149 cm³/mol. The Morgan fingerprint density at radius 1 is 0.914 bits per heavy atom. The van der Waals surface area contributed by atoms with Gasteiger partial charge in [0.05, 0.1) is 33.5 Å². The van der Waals surface area contributed by atoms with Crippen molar-refractivity contribution in [1.29, 1.82) is 0 Å². The fourth-order valence-corrected chi connectivity index (χ4v) is 5.89. The first kappa shape index (κ1) is 23.9. The van der Waals surface area contributed by atoms with Crippen LogP contribution in [0.5, 0.6) is 0 Å². The highest BCUT2D eigenvalue weighted by molar-refractivity contribution is 7.80. The second-order valence-electron chi connectivity index (χ2n) is 9.08. The summed E-state index contributed by atoms with van der Waals surface area (Å²) in [7, 11) is 0. The fraction of sp³-hybridized carbons (Fsp3) is 0.214. The van der Waals surface area contributed by atoms with Crippen LogP contribution in [0.3, 0.4) is 0 Å². The van der Waals surface area contributed by atoms with E-state index in [0.29, 0.717) is 15.2 Å². The summed E-state index contributed by atoms with van der Waals surface area (Å²) in [4.78, 5) is 6.91. The van der Waals surface area contributed by atoms with Gasteiger partial charge in [-0.25, -0.2) is 0 Å². The topological polar surface area (TPSA) is 33.1 Å². The van der Waals surface area contributed by atoms with Crippen LogP contribution >= 0.6 is 35.4 Å². The third-order valence-electron chi connectivity index (χ3n) is 6.54. The normalized spacial score (nSPS) is 17.7. The molecule has 1 saturated heterocycles. The summed E-state index contributed by atoms with van der Waals surface area (Å²) in [6.07, 6.45) is 1.83. The van der Waals surface area contributed by atoms with Crippen molar-refractivity contribution in [3.8, 4) is 5.69 Å². The van der Waals surface area contributed by atoms with Crippen molar-refractivity contribution < 1.29 is 0 Å². The number of aryl methyl sites for hydroxylation is 3. The Kier molecular flexibility index (Phi) is 6.34. The van der Waals surface area contributed by atoms with Crippen molar-refractivity contribution in [3.05, 3.63) is 111 Å².